The Morgan fingerprint density at radius 2 is 2.09 bits per heavy atom. The number of aliphatic carboxylic acids is 1. The summed E-state index contributed by atoms with van der Waals surface area (Å²) in [5.74, 6) is -0.505. The number of halogens is 2. The molecule has 0 radical (unpaired) electrons. The maximum atomic E-state index is 12.3. The van der Waals surface area contributed by atoms with Crippen LogP contribution in [0.3, 0.4) is 0 Å². The maximum Gasteiger partial charge on any atom is 0.319 e. The van der Waals surface area contributed by atoms with E-state index < -0.39 is 10.7 Å². The van der Waals surface area contributed by atoms with Gasteiger partial charge in [0.2, 0.25) is 5.91 Å². The summed E-state index contributed by atoms with van der Waals surface area (Å²) in [6.45, 7) is 6.74. The van der Waals surface area contributed by atoms with E-state index in [9.17, 15) is 14.7 Å². The molecule has 3 rings (SSSR count). The minimum Gasteiger partial charge on any atom is -0.480 e. The van der Waals surface area contributed by atoms with Crippen molar-refractivity contribution in [3.8, 4) is 0 Å². The quantitative estimate of drug-likeness (QED) is 0.420. The average molecular weight is 554 g/mol. The number of carboxylic acid groups (broad SMARTS) is 1. The predicted octanol–water partition coefficient (Wildman–Crippen LogP) is 3.67. The van der Waals surface area contributed by atoms with E-state index in [-0.39, 0.29) is 17.8 Å². The Balaban J connectivity index is 1.37. The van der Waals surface area contributed by atoms with Gasteiger partial charge in [-0.3, -0.25) is 14.5 Å². The Labute approximate surface area is 215 Å². The maximum absolute atomic E-state index is 12.3. The van der Waals surface area contributed by atoms with Gasteiger partial charge in [-0.05, 0) is 26.2 Å². The lowest BCUT2D eigenvalue weighted by molar-refractivity contribution is -0.138. The zero-order valence-corrected chi connectivity index (χ0v) is 22.2. The topological polar surface area (TPSA) is 105 Å². The molecule has 13 heteroatoms. The molecule has 0 bridgehead atoms. The number of hydrogen-bond acceptors (Lipinski definition) is 9. The Morgan fingerprint density at radius 3 is 2.82 bits per heavy atom. The number of thioether (sulfide) groups is 2. The number of nitrogens with zero attached hydrogens (tertiary/aromatic N) is 3. The van der Waals surface area contributed by atoms with Crippen LogP contribution in [0.25, 0.3) is 0 Å². The second kappa shape index (κ2) is 12.2. The molecule has 182 valence electrons. The third-order valence-corrected chi connectivity index (χ3v) is 9.10. The van der Waals surface area contributed by atoms with Gasteiger partial charge in [0, 0.05) is 26.2 Å². The van der Waals surface area contributed by atoms with Crippen LogP contribution in [-0.2, 0) is 14.3 Å². The van der Waals surface area contributed by atoms with E-state index in [0.29, 0.717) is 37.8 Å². The molecule has 0 spiro atoms. The van der Waals surface area contributed by atoms with Gasteiger partial charge < -0.3 is 15.2 Å². The van der Waals surface area contributed by atoms with Crippen molar-refractivity contribution < 1.29 is 19.4 Å². The number of aromatic nitrogens is 2. The SMILES string of the molecule is CC(C)(Sc1nnc(SCC(=O)NC[C@H]2CN(CC3C=C(Cl)C(Cl)=CC3)CCO2)s1)C(=O)O. The van der Waals surface area contributed by atoms with Crippen molar-refractivity contribution in [2.75, 3.05) is 38.5 Å². The number of carbonyl (C=O) groups is 2. The number of carbonyl (C=O) groups excluding carboxylic acids is 1. The van der Waals surface area contributed by atoms with E-state index >= 15 is 0 Å². The van der Waals surface area contributed by atoms with Crippen LogP contribution < -0.4 is 5.32 Å². The minimum atomic E-state index is -0.990. The summed E-state index contributed by atoms with van der Waals surface area (Å²) in [5.41, 5.74) is 0. The van der Waals surface area contributed by atoms with Gasteiger partial charge in [-0.1, -0.05) is 70.2 Å². The van der Waals surface area contributed by atoms with E-state index in [0.717, 1.165) is 37.8 Å². The molecule has 2 N–H and O–H groups in total. The predicted molar refractivity (Wildman–Crippen MR) is 133 cm³/mol. The van der Waals surface area contributed by atoms with Gasteiger partial charge >= 0.3 is 5.97 Å². The fourth-order valence-electron chi connectivity index (χ4n) is 3.20. The fourth-order valence-corrected chi connectivity index (χ4v) is 6.82. The van der Waals surface area contributed by atoms with Gasteiger partial charge in [-0.25, -0.2) is 0 Å². The summed E-state index contributed by atoms with van der Waals surface area (Å²) in [6, 6.07) is 0. The van der Waals surface area contributed by atoms with Gasteiger partial charge in [-0.15, -0.1) is 10.2 Å². The summed E-state index contributed by atoms with van der Waals surface area (Å²) >= 11 is 15.9. The number of allylic oxidation sites excluding steroid dienone is 3. The monoisotopic (exact) mass is 552 g/mol. The number of morpholine rings is 1. The summed E-state index contributed by atoms with van der Waals surface area (Å²) in [6.07, 6.45) is 4.76. The molecule has 1 saturated heterocycles. The molecule has 1 unspecified atom stereocenters. The Hall–Kier alpha value is -0.820. The number of rotatable bonds is 10. The largest absolute Gasteiger partial charge is 0.480 e. The molecule has 1 aliphatic heterocycles. The molecule has 0 aromatic carbocycles. The van der Waals surface area contributed by atoms with Crippen molar-refractivity contribution >= 4 is 69.9 Å². The Kier molecular flexibility index (Phi) is 9.93. The molecule has 1 amide bonds. The molecule has 2 aliphatic rings. The van der Waals surface area contributed by atoms with Crippen LogP contribution in [-0.4, -0.2) is 81.5 Å². The summed E-state index contributed by atoms with van der Waals surface area (Å²) in [5, 5.41) is 21.4. The summed E-state index contributed by atoms with van der Waals surface area (Å²) in [4.78, 5) is 25.9. The number of carboxylic acids is 1. The normalized spacial score (nSPS) is 21.9. The molecule has 1 aromatic heterocycles. The molecule has 2 heterocycles. The van der Waals surface area contributed by atoms with E-state index in [4.69, 9.17) is 27.9 Å². The van der Waals surface area contributed by atoms with Crippen LogP contribution in [0, 0.1) is 5.92 Å². The number of nitrogens with one attached hydrogen (secondary N) is 1. The molecular weight excluding hydrogens is 527 g/mol. The van der Waals surface area contributed by atoms with Crippen molar-refractivity contribution in [3.05, 3.63) is 22.2 Å². The third kappa shape index (κ3) is 8.41. The zero-order chi connectivity index (χ0) is 24.0. The molecule has 33 heavy (non-hydrogen) atoms. The minimum absolute atomic E-state index is 0.0716. The molecule has 1 aromatic rings. The smallest absolute Gasteiger partial charge is 0.319 e. The first-order chi connectivity index (χ1) is 15.6. The Bertz CT molecular complexity index is 925. The van der Waals surface area contributed by atoms with Crippen LogP contribution in [0.15, 0.2) is 30.9 Å². The second-order valence-corrected chi connectivity index (χ2v) is 13.0. The van der Waals surface area contributed by atoms with Crippen LogP contribution >= 0.6 is 58.1 Å². The number of ether oxygens (including phenoxy) is 1. The van der Waals surface area contributed by atoms with Gasteiger partial charge in [0.05, 0.1) is 28.5 Å². The van der Waals surface area contributed by atoms with Gasteiger partial charge in [0.1, 0.15) is 4.75 Å². The van der Waals surface area contributed by atoms with Crippen molar-refractivity contribution in [2.24, 2.45) is 5.92 Å². The second-order valence-electron chi connectivity index (χ2n) is 8.16. The lowest BCUT2D eigenvalue weighted by Crippen LogP contribution is -2.48. The first-order valence-electron chi connectivity index (χ1n) is 10.3. The number of hydrogen-bond donors (Lipinski definition) is 2. The summed E-state index contributed by atoms with van der Waals surface area (Å²) in [7, 11) is 0. The molecule has 0 saturated carbocycles. The molecule has 2 atom stereocenters. The van der Waals surface area contributed by atoms with Crippen LogP contribution in [0.5, 0.6) is 0 Å². The summed E-state index contributed by atoms with van der Waals surface area (Å²) < 4.78 is 6.01. The fraction of sp³-hybridized carbons (Fsp3) is 0.600. The van der Waals surface area contributed by atoms with Crippen LogP contribution in [0.1, 0.15) is 20.3 Å². The van der Waals surface area contributed by atoms with E-state index in [1.54, 1.807) is 13.8 Å². The van der Waals surface area contributed by atoms with Gasteiger partial charge in [0.15, 0.2) is 8.68 Å². The van der Waals surface area contributed by atoms with Crippen LogP contribution in [0.2, 0.25) is 0 Å². The van der Waals surface area contributed by atoms with Crippen molar-refractivity contribution in [1.82, 2.24) is 20.4 Å². The first kappa shape index (κ1) is 26.8. The van der Waals surface area contributed by atoms with E-state index in [1.807, 2.05) is 12.2 Å². The molecule has 8 nitrogen and oxygen atoms in total. The molecular formula is C20H26Cl2N4O4S3. The zero-order valence-electron chi connectivity index (χ0n) is 18.3. The van der Waals surface area contributed by atoms with E-state index in [2.05, 4.69) is 20.4 Å². The highest BCUT2D eigenvalue weighted by Crippen LogP contribution is 2.36. The first-order valence-corrected chi connectivity index (χ1v) is 13.7. The Morgan fingerprint density at radius 1 is 1.33 bits per heavy atom. The third-order valence-electron chi connectivity index (χ3n) is 5.02. The lowest BCUT2D eigenvalue weighted by Gasteiger charge is -2.35. The highest BCUT2D eigenvalue weighted by molar-refractivity contribution is 8.04. The van der Waals surface area contributed by atoms with Crippen molar-refractivity contribution in [2.45, 2.75) is 39.8 Å². The average Bonchev–Trinajstić information content (AvgIpc) is 3.20. The number of amides is 1. The van der Waals surface area contributed by atoms with E-state index in [1.165, 1.54) is 23.1 Å². The van der Waals surface area contributed by atoms with Crippen LogP contribution in [0.4, 0.5) is 0 Å². The highest BCUT2D eigenvalue weighted by Gasteiger charge is 2.30. The van der Waals surface area contributed by atoms with Gasteiger partial charge in [-0.2, -0.15) is 0 Å². The lowest BCUT2D eigenvalue weighted by atomic mass is 9.99. The van der Waals surface area contributed by atoms with Crippen molar-refractivity contribution in [1.29, 1.82) is 0 Å². The van der Waals surface area contributed by atoms with Crippen molar-refractivity contribution in [3.63, 3.8) is 0 Å². The highest BCUT2D eigenvalue weighted by atomic mass is 35.5. The molecule has 1 fully saturated rings. The standard InChI is InChI=1S/C20H26Cl2N4O4S3/c1-20(2,17(28)29)33-19-25-24-18(32-19)31-11-16(27)23-8-13-10-26(5-6-30-13)9-12-3-4-14(21)15(22)7-12/h4,7,12-13H,3,5-6,8-11H2,1-2H3,(H,23,27)(H,28,29)/t12?,13-/m0/s1. The molecule has 1 aliphatic carbocycles. The van der Waals surface area contributed by atoms with Gasteiger partial charge in [0.25, 0.3) is 0 Å².